The number of halogens is 4. The Morgan fingerprint density at radius 3 is 2.34 bits per heavy atom. The lowest BCUT2D eigenvalue weighted by Crippen LogP contribution is -2.30. The number of carbonyl (C=O) groups excluding carboxylic acids is 2. The number of carbonyl (C=O) groups is 2. The quantitative estimate of drug-likeness (QED) is 0.558. The van der Waals surface area contributed by atoms with Crippen LogP contribution in [-0.2, 0) is 25.7 Å². The summed E-state index contributed by atoms with van der Waals surface area (Å²) in [5, 5.41) is 2.01. The summed E-state index contributed by atoms with van der Waals surface area (Å²) < 4.78 is 69.7. The summed E-state index contributed by atoms with van der Waals surface area (Å²) in [5.41, 5.74) is -1.42. The number of amides is 1. The molecule has 0 atom stereocenters. The van der Waals surface area contributed by atoms with E-state index in [0.717, 1.165) is 18.2 Å². The fourth-order valence-electron chi connectivity index (χ4n) is 2.69. The molecule has 0 aliphatic carbocycles. The Hall–Kier alpha value is -2.63. The third kappa shape index (κ3) is 6.21. The highest BCUT2D eigenvalue weighted by Gasteiger charge is 2.31. The second-order valence-corrected chi connectivity index (χ2v) is 8.78. The van der Waals surface area contributed by atoms with E-state index in [-0.39, 0.29) is 34.3 Å². The number of anilines is 1. The van der Waals surface area contributed by atoms with Gasteiger partial charge in [-0.1, -0.05) is 31.5 Å². The second-order valence-electron chi connectivity index (χ2n) is 6.43. The van der Waals surface area contributed by atoms with Crippen LogP contribution in [0.3, 0.4) is 0 Å². The molecule has 0 saturated heterocycles. The summed E-state index contributed by atoms with van der Waals surface area (Å²) in [7, 11) is -3.81. The van der Waals surface area contributed by atoms with Crippen molar-refractivity contribution in [1.82, 2.24) is 4.31 Å². The number of hydrogen-bond donors (Lipinski definition) is 1. The lowest BCUT2D eigenvalue weighted by atomic mass is 10.2. The van der Waals surface area contributed by atoms with Gasteiger partial charge in [-0.15, -0.1) is 0 Å². The van der Waals surface area contributed by atoms with E-state index < -0.39 is 40.2 Å². The third-order valence-electron chi connectivity index (χ3n) is 4.32. The molecule has 0 heterocycles. The van der Waals surface area contributed by atoms with E-state index in [1.165, 1.54) is 22.5 Å². The molecule has 0 spiro atoms. The normalized spacial score (nSPS) is 12.0. The van der Waals surface area contributed by atoms with Crippen LogP contribution >= 0.6 is 11.6 Å². The molecule has 7 nitrogen and oxygen atoms in total. The monoisotopic (exact) mass is 492 g/mol. The topological polar surface area (TPSA) is 92.8 Å². The Balaban J connectivity index is 2.08. The maximum atomic E-state index is 12.8. The van der Waals surface area contributed by atoms with Crippen molar-refractivity contribution in [2.24, 2.45) is 0 Å². The smallest absolute Gasteiger partial charge is 0.416 e. The van der Waals surface area contributed by atoms with Gasteiger partial charge in [-0.3, -0.25) is 4.79 Å². The van der Waals surface area contributed by atoms with Gasteiger partial charge in [0.2, 0.25) is 10.0 Å². The van der Waals surface area contributed by atoms with Gasteiger partial charge in [-0.05, 0) is 36.4 Å². The van der Waals surface area contributed by atoms with Gasteiger partial charge >= 0.3 is 12.1 Å². The number of alkyl halides is 3. The third-order valence-corrected chi connectivity index (χ3v) is 6.69. The van der Waals surface area contributed by atoms with Crippen LogP contribution < -0.4 is 5.32 Å². The van der Waals surface area contributed by atoms with Crippen LogP contribution in [0.5, 0.6) is 0 Å². The van der Waals surface area contributed by atoms with Crippen molar-refractivity contribution in [2.75, 3.05) is 25.0 Å². The van der Waals surface area contributed by atoms with Crippen LogP contribution in [0, 0.1) is 0 Å². The number of esters is 1. The lowest BCUT2D eigenvalue weighted by Gasteiger charge is -2.18. The van der Waals surface area contributed by atoms with Gasteiger partial charge in [0.1, 0.15) is 0 Å². The highest BCUT2D eigenvalue weighted by Crippen LogP contribution is 2.33. The largest absolute Gasteiger partial charge is 0.452 e. The fourth-order valence-corrected chi connectivity index (χ4v) is 4.36. The van der Waals surface area contributed by atoms with Crippen LogP contribution in [0.2, 0.25) is 5.02 Å². The first-order valence-corrected chi connectivity index (χ1v) is 11.2. The molecule has 0 bridgehead atoms. The second kappa shape index (κ2) is 10.3. The highest BCUT2D eigenvalue weighted by atomic mass is 35.5. The van der Waals surface area contributed by atoms with E-state index in [9.17, 15) is 31.2 Å². The van der Waals surface area contributed by atoms with Crippen molar-refractivity contribution in [3.05, 3.63) is 58.6 Å². The molecule has 0 aliphatic rings. The fraction of sp³-hybridized carbons (Fsp3) is 0.300. The summed E-state index contributed by atoms with van der Waals surface area (Å²) >= 11 is 5.81. The van der Waals surface area contributed by atoms with Crippen LogP contribution in [0.15, 0.2) is 47.4 Å². The SMILES string of the molecule is CCN(CC)S(=O)(=O)c1cccc(C(=O)OCC(=O)Nc2cc(C(F)(F)F)ccc2Cl)c1. The summed E-state index contributed by atoms with van der Waals surface area (Å²) in [4.78, 5) is 24.2. The van der Waals surface area contributed by atoms with Gasteiger partial charge in [0.25, 0.3) is 5.91 Å². The van der Waals surface area contributed by atoms with Crippen LogP contribution in [0.1, 0.15) is 29.8 Å². The van der Waals surface area contributed by atoms with Crippen LogP contribution in [-0.4, -0.2) is 44.3 Å². The minimum Gasteiger partial charge on any atom is -0.452 e. The Morgan fingerprint density at radius 2 is 1.75 bits per heavy atom. The molecule has 1 N–H and O–H groups in total. The van der Waals surface area contributed by atoms with Crippen molar-refractivity contribution >= 4 is 39.2 Å². The molecule has 2 rings (SSSR count). The molecule has 1 amide bonds. The number of hydrogen-bond acceptors (Lipinski definition) is 5. The molecule has 0 aromatic heterocycles. The van der Waals surface area contributed by atoms with E-state index in [1.54, 1.807) is 13.8 Å². The highest BCUT2D eigenvalue weighted by molar-refractivity contribution is 7.89. The van der Waals surface area contributed by atoms with E-state index in [0.29, 0.717) is 6.07 Å². The van der Waals surface area contributed by atoms with Crippen molar-refractivity contribution in [1.29, 1.82) is 0 Å². The zero-order valence-corrected chi connectivity index (χ0v) is 18.6. The molecule has 0 saturated carbocycles. The zero-order valence-electron chi connectivity index (χ0n) is 17.1. The molecule has 0 aliphatic heterocycles. The van der Waals surface area contributed by atoms with E-state index in [1.807, 2.05) is 0 Å². The molecule has 174 valence electrons. The first-order valence-electron chi connectivity index (χ1n) is 9.34. The molecule has 0 fully saturated rings. The standard InChI is InChI=1S/C20H20ClF3N2O5S/c1-3-26(4-2)32(29,30)15-7-5-6-13(10-15)19(28)31-12-18(27)25-17-11-14(20(22,23)24)8-9-16(17)21/h5-11H,3-4,12H2,1-2H3,(H,25,27). The van der Waals surface area contributed by atoms with Crippen molar-refractivity contribution < 1.29 is 35.9 Å². The van der Waals surface area contributed by atoms with E-state index in [2.05, 4.69) is 5.32 Å². The zero-order chi connectivity index (χ0) is 24.1. The average molecular weight is 493 g/mol. The minimum atomic E-state index is -4.63. The summed E-state index contributed by atoms with van der Waals surface area (Å²) in [5.74, 6) is -1.90. The first kappa shape index (κ1) is 25.6. The predicted molar refractivity (Wildman–Crippen MR) is 112 cm³/mol. The van der Waals surface area contributed by atoms with E-state index >= 15 is 0 Å². The molecular formula is C20H20ClF3N2O5S. The van der Waals surface area contributed by atoms with Crippen molar-refractivity contribution in [3.8, 4) is 0 Å². The number of nitrogens with one attached hydrogen (secondary N) is 1. The van der Waals surface area contributed by atoms with Gasteiger partial charge in [-0.2, -0.15) is 17.5 Å². The average Bonchev–Trinajstić information content (AvgIpc) is 2.73. The van der Waals surface area contributed by atoms with Crippen molar-refractivity contribution in [2.45, 2.75) is 24.9 Å². The number of nitrogens with zero attached hydrogens (tertiary/aromatic N) is 1. The lowest BCUT2D eigenvalue weighted by molar-refractivity contribution is -0.137. The Labute approximate surface area is 188 Å². The van der Waals surface area contributed by atoms with Gasteiger partial charge in [0.05, 0.1) is 26.7 Å². The Bertz CT molecular complexity index is 1100. The van der Waals surface area contributed by atoms with Gasteiger partial charge in [-0.25, -0.2) is 13.2 Å². The summed E-state index contributed by atoms with van der Waals surface area (Å²) in [6, 6.07) is 7.51. The van der Waals surface area contributed by atoms with Gasteiger partial charge < -0.3 is 10.1 Å². The molecule has 2 aromatic carbocycles. The molecule has 0 unspecified atom stereocenters. The predicted octanol–water partition coefficient (Wildman–Crippen LogP) is 4.18. The molecular weight excluding hydrogens is 473 g/mol. The number of benzene rings is 2. The summed E-state index contributed by atoms with van der Waals surface area (Å²) in [6.07, 6.45) is -4.63. The first-order chi connectivity index (χ1) is 14.9. The summed E-state index contributed by atoms with van der Waals surface area (Å²) in [6.45, 7) is 3.01. The molecule has 2 aromatic rings. The van der Waals surface area contributed by atoms with Crippen molar-refractivity contribution in [3.63, 3.8) is 0 Å². The molecule has 0 radical (unpaired) electrons. The number of rotatable bonds is 8. The molecule has 32 heavy (non-hydrogen) atoms. The number of ether oxygens (including phenoxy) is 1. The van der Waals surface area contributed by atoms with Crippen LogP contribution in [0.25, 0.3) is 0 Å². The Morgan fingerprint density at radius 1 is 1.09 bits per heavy atom. The van der Waals surface area contributed by atoms with Gasteiger partial charge in [0, 0.05) is 13.1 Å². The maximum Gasteiger partial charge on any atom is 0.416 e. The maximum absolute atomic E-state index is 12.8. The van der Waals surface area contributed by atoms with Crippen LogP contribution in [0.4, 0.5) is 18.9 Å². The molecule has 12 heteroatoms. The minimum absolute atomic E-state index is 0.108. The van der Waals surface area contributed by atoms with Gasteiger partial charge in [0.15, 0.2) is 6.61 Å². The number of sulfonamides is 1. The Kier molecular flexibility index (Phi) is 8.27. The van der Waals surface area contributed by atoms with E-state index in [4.69, 9.17) is 16.3 Å².